The molecule has 0 bridgehead atoms. The van der Waals surface area contributed by atoms with Crippen molar-refractivity contribution in [3.05, 3.63) is 185 Å². The lowest BCUT2D eigenvalue weighted by Crippen LogP contribution is -2.62. The van der Waals surface area contributed by atoms with Crippen molar-refractivity contribution >= 4 is 119 Å². The van der Waals surface area contributed by atoms with Gasteiger partial charge in [-0.2, -0.15) is 0 Å². The first kappa shape index (κ1) is 52.7. The highest BCUT2D eigenvalue weighted by atomic mass is 32.1. The van der Waals surface area contributed by atoms with E-state index < -0.39 is 8.07 Å². The molecular formula is C75H82BN3SSi. The third-order valence-electron chi connectivity index (χ3n) is 21.0. The Morgan fingerprint density at radius 1 is 0.383 bits per heavy atom. The summed E-state index contributed by atoms with van der Waals surface area (Å²) in [6, 6.07) is 60.9. The minimum absolute atomic E-state index is 0.00325. The van der Waals surface area contributed by atoms with Crippen molar-refractivity contribution in [3.63, 3.8) is 0 Å². The van der Waals surface area contributed by atoms with E-state index in [0.717, 1.165) is 49.2 Å². The van der Waals surface area contributed by atoms with E-state index in [0.29, 0.717) is 0 Å². The van der Waals surface area contributed by atoms with E-state index in [-0.39, 0.29) is 39.2 Å². The van der Waals surface area contributed by atoms with E-state index in [1.165, 1.54) is 116 Å². The summed E-state index contributed by atoms with van der Waals surface area (Å²) in [6.07, 6.45) is 6.97. The second kappa shape index (κ2) is 17.6. The van der Waals surface area contributed by atoms with Crippen molar-refractivity contribution in [2.45, 2.75) is 174 Å². The van der Waals surface area contributed by atoms with Crippen LogP contribution < -0.4 is 36.3 Å². The highest BCUT2D eigenvalue weighted by Gasteiger charge is 2.49. The van der Waals surface area contributed by atoms with Gasteiger partial charge in [0.25, 0.3) is 6.71 Å². The fourth-order valence-corrected chi connectivity index (χ4v) is 17.7. The van der Waals surface area contributed by atoms with Gasteiger partial charge in [-0.05, 0) is 206 Å². The number of para-hydroxylation sites is 1. The lowest BCUT2D eigenvalue weighted by atomic mass is 9.32. The van der Waals surface area contributed by atoms with Crippen molar-refractivity contribution < 1.29 is 0 Å². The Kier molecular flexibility index (Phi) is 11.5. The zero-order valence-electron chi connectivity index (χ0n) is 51.0. The third-order valence-corrected chi connectivity index (χ3v) is 24.2. The normalized spacial score (nSPS) is 19.3. The van der Waals surface area contributed by atoms with Crippen molar-refractivity contribution in [2.75, 3.05) is 14.7 Å². The average molecular weight is 1100 g/mol. The van der Waals surface area contributed by atoms with E-state index in [1.54, 1.807) is 0 Å². The molecule has 0 saturated carbocycles. The van der Waals surface area contributed by atoms with Crippen molar-refractivity contribution in [1.29, 1.82) is 0 Å². The summed E-state index contributed by atoms with van der Waals surface area (Å²) in [5.74, 6) is 0. The predicted octanol–water partition coefficient (Wildman–Crippen LogP) is 19.2. The Hall–Kier alpha value is -6.34. The van der Waals surface area contributed by atoms with Gasteiger partial charge in [0.15, 0.2) is 0 Å². The highest BCUT2D eigenvalue weighted by Crippen LogP contribution is 2.56. The van der Waals surface area contributed by atoms with Crippen LogP contribution in [0.1, 0.15) is 155 Å². The van der Waals surface area contributed by atoms with Gasteiger partial charge in [0.1, 0.15) is 0 Å². The van der Waals surface area contributed by atoms with Gasteiger partial charge >= 0.3 is 0 Å². The van der Waals surface area contributed by atoms with Crippen LogP contribution in [0.4, 0.5) is 51.2 Å². The smallest absolute Gasteiger partial charge is 0.252 e. The van der Waals surface area contributed by atoms with Gasteiger partial charge in [-0.25, -0.2) is 0 Å². The van der Waals surface area contributed by atoms with E-state index in [9.17, 15) is 0 Å². The molecule has 9 aromatic rings. The molecule has 0 spiro atoms. The van der Waals surface area contributed by atoms with E-state index in [2.05, 4.69) is 269 Å². The monoisotopic (exact) mass is 1100 g/mol. The summed E-state index contributed by atoms with van der Waals surface area (Å²) < 4.78 is 2.66. The van der Waals surface area contributed by atoms with Gasteiger partial charge < -0.3 is 14.7 Å². The number of nitrogens with zero attached hydrogens (tertiary/aromatic N) is 3. The summed E-state index contributed by atoms with van der Waals surface area (Å²) in [5.41, 5.74) is 24.4. The summed E-state index contributed by atoms with van der Waals surface area (Å²) in [5, 5.41) is 4.11. The minimum Gasteiger partial charge on any atom is -0.311 e. The van der Waals surface area contributed by atoms with Crippen molar-refractivity contribution in [2.24, 2.45) is 0 Å². The zero-order valence-corrected chi connectivity index (χ0v) is 52.8. The maximum Gasteiger partial charge on any atom is 0.252 e. The molecule has 5 aliphatic rings. The number of hydrogen-bond donors (Lipinski definition) is 0. The van der Waals surface area contributed by atoms with Crippen molar-refractivity contribution in [1.82, 2.24) is 0 Å². The fourth-order valence-electron chi connectivity index (χ4n) is 15.5. The molecule has 1 aromatic heterocycles. The molecule has 410 valence electrons. The summed E-state index contributed by atoms with van der Waals surface area (Å²) in [4.78, 5) is 8.03. The number of rotatable bonds is 6. The molecule has 3 aliphatic carbocycles. The number of fused-ring (bicyclic) bond motifs is 10. The van der Waals surface area contributed by atoms with Crippen LogP contribution in [-0.4, -0.2) is 14.8 Å². The lowest BCUT2D eigenvalue weighted by molar-refractivity contribution is 0.332. The molecular weight excluding hydrogens is 1010 g/mol. The summed E-state index contributed by atoms with van der Waals surface area (Å²) in [6.45, 7) is 37.4. The second-order valence-corrected chi connectivity index (χ2v) is 36.4. The Labute approximate surface area is 489 Å². The van der Waals surface area contributed by atoms with Crippen LogP contribution in [0, 0.1) is 0 Å². The van der Waals surface area contributed by atoms with E-state index >= 15 is 0 Å². The Bertz CT molecular complexity index is 4070. The number of benzene rings is 8. The van der Waals surface area contributed by atoms with E-state index in [1.807, 2.05) is 11.3 Å². The standard InChI is InChI=1S/C75H82BN3SSi/c1-70(2)33-34-71(3,4)56-40-50(27-31-55(56)70)79-64-46-60-58(73(7,8)36-38-75(60,11)12)44-62(64)76-61-43-57-59(74(9,10)37-35-72(57,5)6)45-63(61)78(49-28-32-68-54(39-49)53-23-19-20-24-67(53)80-68)65-41-51(42-66(79)69(65)76)77(47-21-17-16-18-22-47)48-25-29-52(30-26-48)81(13,14)15/h16-32,39-46H,33-38H2,1-15H3. The van der Waals surface area contributed by atoms with Crippen LogP contribution in [0.5, 0.6) is 0 Å². The topological polar surface area (TPSA) is 9.72 Å². The number of hydrogen-bond acceptors (Lipinski definition) is 4. The lowest BCUT2D eigenvalue weighted by Gasteiger charge is -2.49. The maximum absolute atomic E-state index is 2.76. The predicted molar refractivity (Wildman–Crippen MR) is 357 cm³/mol. The van der Waals surface area contributed by atoms with Crippen LogP contribution in [-0.2, 0) is 32.5 Å². The Balaban J connectivity index is 1.16. The molecule has 8 aromatic carbocycles. The molecule has 3 heterocycles. The molecule has 0 unspecified atom stereocenters. The average Bonchev–Trinajstić information content (AvgIpc) is 3.51. The molecule has 0 radical (unpaired) electrons. The summed E-state index contributed by atoms with van der Waals surface area (Å²) >= 11 is 1.91. The zero-order chi connectivity index (χ0) is 56.7. The van der Waals surface area contributed by atoms with Crippen LogP contribution in [0.2, 0.25) is 19.6 Å². The SMILES string of the molecule is CC1(C)CCC(C)(C)c2cc(N3c4cc5c(cc4B4c6cc7c(cc6N(c6ccc8sc9ccccc9c8c6)c6cc(N(c8ccccc8)c8ccc([Si](C)(C)C)cc8)cc3c64)C(C)(C)CCC7(C)C)C(C)(C)CCC5(C)C)ccc21. The molecule has 6 heteroatoms. The van der Waals surface area contributed by atoms with Gasteiger partial charge in [0.2, 0.25) is 0 Å². The van der Waals surface area contributed by atoms with Crippen LogP contribution in [0.15, 0.2) is 152 Å². The van der Waals surface area contributed by atoms with Gasteiger partial charge in [0, 0.05) is 65.7 Å². The first-order chi connectivity index (χ1) is 38.2. The molecule has 0 fully saturated rings. The largest absolute Gasteiger partial charge is 0.311 e. The van der Waals surface area contributed by atoms with E-state index in [4.69, 9.17) is 0 Å². The molecule has 0 N–H and O–H groups in total. The van der Waals surface area contributed by atoms with Crippen LogP contribution in [0.3, 0.4) is 0 Å². The minimum atomic E-state index is -1.60. The van der Waals surface area contributed by atoms with Crippen LogP contribution in [0.25, 0.3) is 20.2 Å². The van der Waals surface area contributed by atoms with Gasteiger partial charge in [-0.3, -0.25) is 0 Å². The van der Waals surface area contributed by atoms with Crippen LogP contribution >= 0.6 is 11.3 Å². The first-order valence-corrected chi connectivity index (χ1v) is 34.7. The highest BCUT2D eigenvalue weighted by molar-refractivity contribution is 7.25. The third kappa shape index (κ3) is 8.13. The number of anilines is 9. The Morgan fingerprint density at radius 3 is 1.35 bits per heavy atom. The van der Waals surface area contributed by atoms with Gasteiger partial charge in [0.05, 0.1) is 13.8 Å². The van der Waals surface area contributed by atoms with Gasteiger partial charge in [-0.15, -0.1) is 11.3 Å². The van der Waals surface area contributed by atoms with Crippen molar-refractivity contribution in [3.8, 4) is 0 Å². The maximum atomic E-state index is 2.76. The Morgan fingerprint density at radius 2 is 0.815 bits per heavy atom. The molecule has 14 rings (SSSR count). The fraction of sp³-hybridized carbons (Fsp3) is 0.360. The summed E-state index contributed by atoms with van der Waals surface area (Å²) in [7, 11) is -1.60. The molecule has 81 heavy (non-hydrogen) atoms. The van der Waals surface area contributed by atoms with Gasteiger partial charge in [-0.1, -0.05) is 175 Å². The molecule has 0 amide bonds. The quantitative estimate of drug-likeness (QED) is 0.154. The number of thiophene rings is 1. The first-order valence-electron chi connectivity index (χ1n) is 30.4. The molecule has 0 atom stereocenters. The molecule has 0 saturated heterocycles. The molecule has 2 aliphatic heterocycles. The molecule has 3 nitrogen and oxygen atoms in total. The second-order valence-electron chi connectivity index (χ2n) is 30.2.